The van der Waals surface area contributed by atoms with Gasteiger partial charge in [0.25, 0.3) is 0 Å². The zero-order chi connectivity index (χ0) is 19.8. The van der Waals surface area contributed by atoms with Crippen LogP contribution in [0.25, 0.3) is 0 Å². The summed E-state index contributed by atoms with van der Waals surface area (Å²) < 4.78 is 13.7. The molecule has 0 aromatic heterocycles. The summed E-state index contributed by atoms with van der Waals surface area (Å²) in [5.74, 6) is -0.459. The van der Waals surface area contributed by atoms with Gasteiger partial charge in [0.15, 0.2) is 0 Å². The van der Waals surface area contributed by atoms with Crippen LogP contribution in [0, 0.1) is 11.7 Å². The first-order chi connectivity index (χ1) is 12.9. The van der Waals surface area contributed by atoms with Crippen molar-refractivity contribution in [2.24, 2.45) is 5.92 Å². The van der Waals surface area contributed by atoms with Crippen molar-refractivity contribution >= 4 is 11.8 Å². The molecule has 0 radical (unpaired) electrons. The lowest BCUT2D eigenvalue weighted by atomic mass is 9.95. The van der Waals surface area contributed by atoms with Crippen LogP contribution in [0.5, 0.6) is 0 Å². The van der Waals surface area contributed by atoms with E-state index in [-0.39, 0.29) is 42.2 Å². The molecular weight excluding hydrogens is 345 g/mol. The van der Waals surface area contributed by atoms with Crippen LogP contribution in [0.2, 0.25) is 0 Å². The molecule has 2 N–H and O–H groups in total. The summed E-state index contributed by atoms with van der Waals surface area (Å²) in [5.41, 5.74) is 0.471. The largest absolute Gasteiger partial charge is 0.353 e. The molecule has 0 saturated carbocycles. The Hall–Kier alpha value is -1.95. The van der Waals surface area contributed by atoms with Crippen molar-refractivity contribution in [3.63, 3.8) is 0 Å². The molecule has 2 rings (SSSR count). The number of hydrogen-bond acceptors (Lipinski definition) is 3. The van der Waals surface area contributed by atoms with Crippen molar-refractivity contribution in [1.29, 1.82) is 0 Å². The molecule has 3 unspecified atom stereocenters. The number of hydrogen-bond donors (Lipinski definition) is 2. The fourth-order valence-corrected chi connectivity index (χ4v) is 3.58. The van der Waals surface area contributed by atoms with Gasteiger partial charge in [0.2, 0.25) is 11.8 Å². The van der Waals surface area contributed by atoms with Crippen LogP contribution in [-0.2, 0) is 16.1 Å². The Bertz CT molecular complexity index is 638. The molecule has 150 valence electrons. The molecule has 3 atom stereocenters. The Labute approximate surface area is 161 Å². The molecule has 1 aromatic rings. The average Bonchev–Trinajstić information content (AvgIpc) is 2.66. The monoisotopic (exact) mass is 377 g/mol. The molecule has 1 saturated heterocycles. The molecule has 6 heteroatoms. The molecule has 1 aliphatic rings. The summed E-state index contributed by atoms with van der Waals surface area (Å²) >= 11 is 0. The number of amides is 2. The molecule has 27 heavy (non-hydrogen) atoms. The Morgan fingerprint density at radius 2 is 2.04 bits per heavy atom. The van der Waals surface area contributed by atoms with Crippen molar-refractivity contribution in [3.8, 4) is 0 Å². The second-order valence-electron chi connectivity index (χ2n) is 7.52. The van der Waals surface area contributed by atoms with E-state index in [9.17, 15) is 14.0 Å². The van der Waals surface area contributed by atoms with Crippen LogP contribution in [-0.4, -0.2) is 41.9 Å². The van der Waals surface area contributed by atoms with Crippen molar-refractivity contribution < 1.29 is 14.0 Å². The molecule has 0 bridgehead atoms. The molecule has 2 amide bonds. The first-order valence-electron chi connectivity index (χ1n) is 9.97. The maximum absolute atomic E-state index is 13.7. The topological polar surface area (TPSA) is 61.4 Å². The van der Waals surface area contributed by atoms with Crippen molar-refractivity contribution in [2.45, 2.75) is 65.1 Å². The molecule has 0 spiro atoms. The van der Waals surface area contributed by atoms with Crippen LogP contribution in [0.3, 0.4) is 0 Å². The quantitative estimate of drug-likeness (QED) is 0.732. The third kappa shape index (κ3) is 6.31. The zero-order valence-electron chi connectivity index (χ0n) is 16.6. The lowest BCUT2D eigenvalue weighted by molar-refractivity contribution is -0.131. The SMILES string of the molecule is CCCC(C)NC(=O)C1CCCN(C(C)C(=O)NCc2ccccc2F)C1. The minimum absolute atomic E-state index is 0.0830. The van der Waals surface area contributed by atoms with Gasteiger partial charge in [-0.05, 0) is 45.7 Å². The maximum Gasteiger partial charge on any atom is 0.237 e. The highest BCUT2D eigenvalue weighted by Crippen LogP contribution is 2.19. The zero-order valence-corrected chi connectivity index (χ0v) is 16.6. The van der Waals surface area contributed by atoms with Crippen LogP contribution < -0.4 is 10.6 Å². The van der Waals surface area contributed by atoms with Crippen LogP contribution >= 0.6 is 0 Å². The van der Waals surface area contributed by atoms with Gasteiger partial charge in [-0.1, -0.05) is 31.5 Å². The van der Waals surface area contributed by atoms with E-state index >= 15 is 0 Å². The molecule has 1 fully saturated rings. The molecule has 5 nitrogen and oxygen atoms in total. The van der Waals surface area contributed by atoms with Gasteiger partial charge in [-0.2, -0.15) is 0 Å². The fraction of sp³-hybridized carbons (Fsp3) is 0.619. The highest BCUT2D eigenvalue weighted by molar-refractivity contribution is 5.82. The Kier molecular flexibility index (Phi) is 8.23. The Morgan fingerprint density at radius 3 is 2.74 bits per heavy atom. The summed E-state index contributed by atoms with van der Waals surface area (Å²) in [6, 6.07) is 6.27. The molecule has 1 heterocycles. The van der Waals surface area contributed by atoms with Gasteiger partial charge in [0.1, 0.15) is 5.82 Å². The van der Waals surface area contributed by atoms with E-state index in [1.165, 1.54) is 6.07 Å². The van der Waals surface area contributed by atoms with Crippen molar-refractivity contribution in [2.75, 3.05) is 13.1 Å². The van der Waals surface area contributed by atoms with Gasteiger partial charge in [0.05, 0.1) is 12.0 Å². The predicted molar refractivity (Wildman–Crippen MR) is 105 cm³/mol. The summed E-state index contributed by atoms with van der Waals surface area (Å²) in [4.78, 5) is 27.0. The number of nitrogens with one attached hydrogen (secondary N) is 2. The Morgan fingerprint density at radius 1 is 1.30 bits per heavy atom. The number of carbonyl (C=O) groups is 2. The molecule has 1 aromatic carbocycles. The highest BCUT2D eigenvalue weighted by atomic mass is 19.1. The van der Waals surface area contributed by atoms with Crippen molar-refractivity contribution in [3.05, 3.63) is 35.6 Å². The third-order valence-electron chi connectivity index (χ3n) is 5.27. The summed E-state index contributed by atoms with van der Waals surface area (Å²) in [6.07, 6.45) is 3.75. The number of piperidine rings is 1. The number of halogens is 1. The summed E-state index contributed by atoms with van der Waals surface area (Å²) in [7, 11) is 0. The van der Waals surface area contributed by atoms with E-state index in [1.54, 1.807) is 18.2 Å². The maximum atomic E-state index is 13.7. The second kappa shape index (κ2) is 10.4. The Balaban J connectivity index is 1.86. The standard InChI is InChI=1S/C21H32FN3O2/c1-4-8-15(2)24-21(27)18-10-7-12-25(14-18)16(3)20(26)23-13-17-9-5-6-11-19(17)22/h5-6,9,11,15-16,18H,4,7-8,10,12-14H2,1-3H3,(H,23,26)(H,24,27). The molecular formula is C21H32FN3O2. The van der Waals surface area contributed by atoms with Crippen LogP contribution in [0.15, 0.2) is 24.3 Å². The smallest absolute Gasteiger partial charge is 0.237 e. The highest BCUT2D eigenvalue weighted by Gasteiger charge is 2.31. The first-order valence-corrected chi connectivity index (χ1v) is 9.97. The number of benzene rings is 1. The number of nitrogens with zero attached hydrogens (tertiary/aromatic N) is 1. The molecule has 0 aliphatic carbocycles. The van der Waals surface area contributed by atoms with Crippen LogP contribution in [0.4, 0.5) is 4.39 Å². The second-order valence-corrected chi connectivity index (χ2v) is 7.52. The molecule has 1 aliphatic heterocycles. The van der Waals surface area contributed by atoms with E-state index < -0.39 is 0 Å². The predicted octanol–water partition coefficient (Wildman–Crippen LogP) is 2.85. The lowest BCUT2D eigenvalue weighted by Gasteiger charge is -2.35. The fourth-order valence-electron chi connectivity index (χ4n) is 3.58. The van der Waals surface area contributed by atoms with Crippen LogP contribution in [0.1, 0.15) is 52.0 Å². The van der Waals surface area contributed by atoms with Gasteiger partial charge in [-0.15, -0.1) is 0 Å². The normalized spacial score (nSPS) is 19.9. The van der Waals surface area contributed by atoms with Gasteiger partial charge in [0, 0.05) is 24.7 Å². The van der Waals surface area contributed by atoms with E-state index in [0.29, 0.717) is 12.1 Å². The third-order valence-corrected chi connectivity index (χ3v) is 5.27. The summed E-state index contributed by atoms with van der Waals surface area (Å²) in [5, 5.41) is 5.89. The summed E-state index contributed by atoms with van der Waals surface area (Å²) in [6.45, 7) is 7.52. The van der Waals surface area contributed by atoms with Gasteiger partial charge in [-0.3, -0.25) is 14.5 Å². The first kappa shape index (κ1) is 21.4. The number of likely N-dealkylation sites (tertiary alicyclic amines) is 1. The average molecular weight is 378 g/mol. The lowest BCUT2D eigenvalue weighted by Crippen LogP contribution is -2.52. The minimum atomic E-state index is -0.347. The van der Waals surface area contributed by atoms with Crippen molar-refractivity contribution in [1.82, 2.24) is 15.5 Å². The van der Waals surface area contributed by atoms with E-state index in [2.05, 4.69) is 22.5 Å². The van der Waals surface area contributed by atoms with Gasteiger partial charge in [-0.25, -0.2) is 4.39 Å². The van der Waals surface area contributed by atoms with Gasteiger partial charge >= 0.3 is 0 Å². The van der Waals surface area contributed by atoms with E-state index in [0.717, 1.165) is 32.2 Å². The number of carbonyl (C=O) groups excluding carboxylic acids is 2. The number of rotatable bonds is 8. The van der Waals surface area contributed by atoms with E-state index in [1.807, 2.05) is 13.8 Å². The van der Waals surface area contributed by atoms with Gasteiger partial charge < -0.3 is 10.6 Å². The van der Waals surface area contributed by atoms with E-state index in [4.69, 9.17) is 0 Å². The minimum Gasteiger partial charge on any atom is -0.353 e.